The van der Waals surface area contributed by atoms with E-state index in [0.717, 1.165) is 38.6 Å². The van der Waals surface area contributed by atoms with Gasteiger partial charge in [-0.3, -0.25) is 14.3 Å². The van der Waals surface area contributed by atoms with E-state index < -0.39 is 5.69 Å². The lowest BCUT2D eigenvalue weighted by atomic mass is 10.0. The summed E-state index contributed by atoms with van der Waals surface area (Å²) in [5.74, 6) is 0.201. The summed E-state index contributed by atoms with van der Waals surface area (Å²) in [6.45, 7) is 1.27. The third kappa shape index (κ3) is 3.33. The van der Waals surface area contributed by atoms with E-state index in [1.807, 2.05) is 19.0 Å². The minimum Gasteiger partial charge on any atom is -0.309 e. The molecule has 112 valence electrons. The second-order valence-corrected chi connectivity index (χ2v) is 6.13. The van der Waals surface area contributed by atoms with E-state index in [1.54, 1.807) is 0 Å². The van der Waals surface area contributed by atoms with Gasteiger partial charge in [0.25, 0.3) is 5.56 Å². The molecule has 1 aliphatic carbocycles. The quantitative estimate of drug-likeness (QED) is 0.844. The Morgan fingerprint density at radius 2 is 1.95 bits per heavy atom. The molecule has 1 heterocycles. The molecule has 2 rings (SSSR count). The maximum absolute atomic E-state index is 12.5. The van der Waals surface area contributed by atoms with Gasteiger partial charge in [-0.1, -0.05) is 24.4 Å². The summed E-state index contributed by atoms with van der Waals surface area (Å²) in [6.07, 6.45) is 4.99. The Morgan fingerprint density at radius 3 is 2.55 bits per heavy atom. The van der Waals surface area contributed by atoms with Gasteiger partial charge in [0.1, 0.15) is 5.15 Å². The molecule has 0 aromatic carbocycles. The largest absolute Gasteiger partial charge is 0.329 e. The molecule has 0 bridgehead atoms. The number of nitrogens with one attached hydrogen (secondary N) is 1. The van der Waals surface area contributed by atoms with E-state index in [2.05, 4.69) is 4.98 Å². The topological polar surface area (TPSA) is 58.1 Å². The average Bonchev–Trinajstić information content (AvgIpc) is 2.86. The van der Waals surface area contributed by atoms with E-state index in [0.29, 0.717) is 12.1 Å². The fourth-order valence-corrected chi connectivity index (χ4v) is 3.19. The predicted molar refractivity (Wildman–Crippen MR) is 80.7 cm³/mol. The van der Waals surface area contributed by atoms with Crippen molar-refractivity contribution in [3.05, 3.63) is 31.6 Å². The van der Waals surface area contributed by atoms with Crippen molar-refractivity contribution in [3.63, 3.8) is 0 Å². The number of aromatic amines is 1. The molecule has 5 nitrogen and oxygen atoms in total. The van der Waals surface area contributed by atoms with Gasteiger partial charge in [-0.25, -0.2) is 4.79 Å². The summed E-state index contributed by atoms with van der Waals surface area (Å²) in [5, 5.41) is 0.232. The van der Waals surface area contributed by atoms with Crippen LogP contribution in [0.3, 0.4) is 0 Å². The first-order valence-electron chi connectivity index (χ1n) is 7.18. The van der Waals surface area contributed by atoms with Crippen molar-refractivity contribution in [2.75, 3.05) is 20.6 Å². The van der Waals surface area contributed by atoms with Crippen LogP contribution < -0.4 is 11.2 Å². The number of rotatable bonds is 5. The molecule has 0 saturated heterocycles. The highest BCUT2D eigenvalue weighted by Gasteiger charge is 2.24. The Kier molecular flexibility index (Phi) is 5.05. The highest BCUT2D eigenvalue weighted by atomic mass is 35.5. The summed E-state index contributed by atoms with van der Waals surface area (Å²) < 4.78 is 1.29. The Morgan fingerprint density at radius 1 is 1.30 bits per heavy atom. The summed E-state index contributed by atoms with van der Waals surface area (Å²) >= 11 is 6.09. The van der Waals surface area contributed by atoms with E-state index in [-0.39, 0.29) is 16.6 Å². The number of aromatic nitrogens is 2. The van der Waals surface area contributed by atoms with Crippen LogP contribution in [0.1, 0.15) is 43.6 Å². The number of nitrogens with zero attached hydrogens (tertiary/aromatic N) is 2. The van der Waals surface area contributed by atoms with Gasteiger partial charge >= 0.3 is 5.69 Å². The van der Waals surface area contributed by atoms with Crippen molar-refractivity contribution in [3.8, 4) is 0 Å². The lowest BCUT2D eigenvalue weighted by molar-refractivity contribution is 0.381. The lowest BCUT2D eigenvalue weighted by Gasteiger charge is -2.14. The van der Waals surface area contributed by atoms with Crippen molar-refractivity contribution in [1.82, 2.24) is 14.5 Å². The SMILES string of the molecule is CN(C)CCCn1c(=O)[nH]c(Cl)c(C2CCCC2)c1=O. The van der Waals surface area contributed by atoms with Crippen LogP contribution >= 0.6 is 11.6 Å². The monoisotopic (exact) mass is 299 g/mol. The first-order chi connectivity index (χ1) is 9.50. The summed E-state index contributed by atoms with van der Waals surface area (Å²) in [5.41, 5.74) is -0.00136. The molecule has 1 aromatic heterocycles. The first kappa shape index (κ1) is 15.3. The maximum atomic E-state index is 12.5. The first-order valence-corrected chi connectivity index (χ1v) is 7.55. The molecule has 0 amide bonds. The molecule has 0 spiro atoms. The third-order valence-corrected chi connectivity index (χ3v) is 4.22. The minimum atomic E-state index is -0.402. The molecule has 0 radical (unpaired) electrons. The average molecular weight is 300 g/mol. The molecule has 1 fully saturated rings. The molecule has 0 unspecified atom stereocenters. The van der Waals surface area contributed by atoms with Gasteiger partial charge in [-0.05, 0) is 45.8 Å². The van der Waals surface area contributed by atoms with E-state index >= 15 is 0 Å². The second-order valence-electron chi connectivity index (χ2n) is 5.75. The van der Waals surface area contributed by atoms with E-state index in [9.17, 15) is 9.59 Å². The minimum absolute atomic E-state index is 0.201. The molecular weight excluding hydrogens is 278 g/mol. The summed E-state index contributed by atoms with van der Waals surface area (Å²) in [4.78, 5) is 29.1. The number of H-pyrrole nitrogens is 1. The zero-order valence-electron chi connectivity index (χ0n) is 12.1. The van der Waals surface area contributed by atoms with Crippen LogP contribution in [0.15, 0.2) is 9.59 Å². The van der Waals surface area contributed by atoms with Crippen LogP contribution in [0.2, 0.25) is 5.15 Å². The lowest BCUT2D eigenvalue weighted by Crippen LogP contribution is -2.38. The zero-order chi connectivity index (χ0) is 14.7. The number of hydrogen-bond acceptors (Lipinski definition) is 3. The predicted octanol–water partition coefficient (Wildman–Crippen LogP) is 1.80. The van der Waals surface area contributed by atoms with Crippen LogP contribution in [-0.4, -0.2) is 35.1 Å². The third-order valence-electron chi connectivity index (χ3n) is 3.92. The molecule has 0 aliphatic heterocycles. The van der Waals surface area contributed by atoms with Gasteiger partial charge in [0.05, 0.1) is 5.56 Å². The van der Waals surface area contributed by atoms with Crippen LogP contribution in [0.5, 0.6) is 0 Å². The fourth-order valence-electron chi connectivity index (χ4n) is 2.88. The van der Waals surface area contributed by atoms with Gasteiger partial charge < -0.3 is 4.90 Å². The van der Waals surface area contributed by atoms with Gasteiger partial charge in [0.2, 0.25) is 0 Å². The Hall–Kier alpha value is -1.07. The van der Waals surface area contributed by atoms with Gasteiger partial charge in [-0.2, -0.15) is 0 Å². The van der Waals surface area contributed by atoms with Crippen LogP contribution in [0.4, 0.5) is 0 Å². The van der Waals surface area contributed by atoms with Gasteiger partial charge in [-0.15, -0.1) is 0 Å². The van der Waals surface area contributed by atoms with Crippen molar-refractivity contribution in [1.29, 1.82) is 0 Å². The smallest absolute Gasteiger partial charge is 0.309 e. The number of halogens is 1. The summed E-state index contributed by atoms with van der Waals surface area (Å²) in [6, 6.07) is 0. The van der Waals surface area contributed by atoms with Crippen molar-refractivity contribution < 1.29 is 0 Å². The van der Waals surface area contributed by atoms with Gasteiger partial charge in [0.15, 0.2) is 0 Å². The maximum Gasteiger partial charge on any atom is 0.329 e. The molecule has 20 heavy (non-hydrogen) atoms. The molecule has 1 saturated carbocycles. The fraction of sp³-hybridized carbons (Fsp3) is 0.714. The standard InChI is InChI=1S/C14H22ClN3O2/c1-17(2)8-5-9-18-13(19)11(10-6-3-4-7-10)12(15)16-14(18)20/h10H,3-9H2,1-2H3,(H,16,20). The Labute approximate surface area is 123 Å². The normalized spacial score (nSPS) is 16.2. The van der Waals surface area contributed by atoms with E-state index in [4.69, 9.17) is 11.6 Å². The van der Waals surface area contributed by atoms with E-state index in [1.165, 1.54) is 4.57 Å². The molecule has 1 aromatic rings. The molecule has 6 heteroatoms. The highest BCUT2D eigenvalue weighted by molar-refractivity contribution is 6.30. The highest BCUT2D eigenvalue weighted by Crippen LogP contribution is 2.34. The van der Waals surface area contributed by atoms with Crippen LogP contribution in [-0.2, 0) is 6.54 Å². The molecule has 1 aliphatic rings. The van der Waals surface area contributed by atoms with Crippen LogP contribution in [0, 0.1) is 0 Å². The summed E-state index contributed by atoms with van der Waals surface area (Å²) in [7, 11) is 3.94. The number of hydrogen-bond donors (Lipinski definition) is 1. The zero-order valence-corrected chi connectivity index (χ0v) is 12.9. The van der Waals surface area contributed by atoms with Crippen molar-refractivity contribution in [2.45, 2.75) is 44.6 Å². The second kappa shape index (κ2) is 6.59. The van der Waals surface area contributed by atoms with Gasteiger partial charge in [0, 0.05) is 6.54 Å². The molecular formula is C14H22ClN3O2. The molecule has 0 atom stereocenters. The molecule has 1 N–H and O–H groups in total. The van der Waals surface area contributed by atoms with Crippen molar-refractivity contribution in [2.24, 2.45) is 0 Å². The van der Waals surface area contributed by atoms with Crippen molar-refractivity contribution >= 4 is 11.6 Å². The Balaban J connectivity index is 2.29. The Bertz CT molecular complexity index is 571. The van der Waals surface area contributed by atoms with Crippen LogP contribution in [0.25, 0.3) is 0 Å².